The Morgan fingerprint density at radius 1 is 1.23 bits per heavy atom. The smallest absolute Gasteiger partial charge is 0.314 e. The van der Waals surface area contributed by atoms with E-state index in [1.165, 1.54) is 12.1 Å². The fourth-order valence-electron chi connectivity index (χ4n) is 2.83. The summed E-state index contributed by atoms with van der Waals surface area (Å²) < 4.78 is 52.9. The zero-order valence-corrected chi connectivity index (χ0v) is 13.2. The minimum absolute atomic E-state index is 0. The van der Waals surface area contributed by atoms with Crippen molar-refractivity contribution in [3.8, 4) is 0 Å². The van der Waals surface area contributed by atoms with Crippen LogP contribution in [0.1, 0.15) is 36.9 Å². The fourth-order valence-corrected chi connectivity index (χ4v) is 2.83. The molecule has 0 unspecified atom stereocenters. The van der Waals surface area contributed by atoms with Gasteiger partial charge in [-0.25, -0.2) is 4.39 Å². The molecular formula is C15H21ClF4N2. The first-order valence-electron chi connectivity index (χ1n) is 7.25. The van der Waals surface area contributed by atoms with E-state index in [2.05, 4.69) is 10.2 Å². The summed E-state index contributed by atoms with van der Waals surface area (Å²) in [6.45, 7) is 4.96. The van der Waals surface area contributed by atoms with E-state index in [9.17, 15) is 17.6 Å². The van der Waals surface area contributed by atoms with Crippen LogP contribution in [0.3, 0.4) is 0 Å². The highest BCUT2D eigenvalue weighted by Crippen LogP contribution is 2.36. The molecule has 2 nitrogen and oxygen atoms in total. The molecule has 2 rings (SSSR count). The lowest BCUT2D eigenvalue weighted by atomic mass is 9.97. The van der Waals surface area contributed by atoms with E-state index in [1.54, 1.807) is 0 Å². The Labute approximate surface area is 134 Å². The molecule has 0 aromatic heterocycles. The number of benzene rings is 1. The van der Waals surface area contributed by atoms with Gasteiger partial charge in [0.05, 0.1) is 5.56 Å². The number of hydrogen-bond donors (Lipinski definition) is 1. The van der Waals surface area contributed by atoms with Crippen LogP contribution in [0.5, 0.6) is 0 Å². The quantitative estimate of drug-likeness (QED) is 0.833. The van der Waals surface area contributed by atoms with Crippen molar-refractivity contribution >= 4 is 12.4 Å². The van der Waals surface area contributed by atoms with E-state index in [-0.39, 0.29) is 24.0 Å². The summed E-state index contributed by atoms with van der Waals surface area (Å²) in [6.07, 6.45) is -3.21. The second-order valence-electron chi connectivity index (χ2n) is 5.30. The third-order valence-corrected chi connectivity index (χ3v) is 3.85. The van der Waals surface area contributed by atoms with Crippen molar-refractivity contribution in [1.29, 1.82) is 0 Å². The molecule has 7 heteroatoms. The SMILES string of the molecule is CCC[C@@H](c1cccc(C(F)(F)F)c1F)N1CCNCC1.Cl. The van der Waals surface area contributed by atoms with Crippen molar-refractivity contribution in [2.24, 2.45) is 0 Å². The van der Waals surface area contributed by atoms with Gasteiger partial charge in [-0.3, -0.25) is 4.90 Å². The highest BCUT2D eigenvalue weighted by atomic mass is 35.5. The molecule has 1 aliphatic rings. The normalized spacial score (nSPS) is 17.9. The molecule has 0 aliphatic carbocycles. The van der Waals surface area contributed by atoms with Gasteiger partial charge in [-0.15, -0.1) is 12.4 Å². The molecule has 22 heavy (non-hydrogen) atoms. The van der Waals surface area contributed by atoms with Gasteiger partial charge in [-0.05, 0) is 12.5 Å². The summed E-state index contributed by atoms with van der Waals surface area (Å²) in [5, 5.41) is 3.20. The van der Waals surface area contributed by atoms with E-state index < -0.39 is 17.6 Å². The molecule has 0 spiro atoms. The lowest BCUT2D eigenvalue weighted by molar-refractivity contribution is -0.140. The Hall–Kier alpha value is -0.850. The number of nitrogens with one attached hydrogen (secondary N) is 1. The zero-order chi connectivity index (χ0) is 15.5. The Balaban J connectivity index is 0.00000242. The van der Waals surface area contributed by atoms with Gasteiger partial charge in [0.15, 0.2) is 0 Å². The van der Waals surface area contributed by atoms with Crippen molar-refractivity contribution in [2.75, 3.05) is 26.2 Å². The monoisotopic (exact) mass is 340 g/mol. The van der Waals surface area contributed by atoms with Gasteiger partial charge in [-0.1, -0.05) is 25.5 Å². The molecule has 1 aromatic rings. The number of hydrogen-bond acceptors (Lipinski definition) is 2. The number of nitrogens with zero attached hydrogens (tertiary/aromatic N) is 1. The predicted molar refractivity (Wildman–Crippen MR) is 80.7 cm³/mol. The second kappa shape index (κ2) is 8.13. The maximum Gasteiger partial charge on any atom is 0.419 e. The average Bonchev–Trinajstić information content (AvgIpc) is 2.45. The number of rotatable bonds is 4. The van der Waals surface area contributed by atoms with E-state index >= 15 is 0 Å². The zero-order valence-electron chi connectivity index (χ0n) is 12.4. The Kier molecular flexibility index (Phi) is 7.09. The summed E-state index contributed by atoms with van der Waals surface area (Å²) in [5.74, 6) is -1.12. The highest BCUT2D eigenvalue weighted by Gasteiger charge is 2.36. The fraction of sp³-hybridized carbons (Fsp3) is 0.600. The Bertz CT molecular complexity index is 473. The standard InChI is InChI=1S/C15H20F4N2.ClH/c1-2-4-13(21-9-7-20-8-10-21)11-5-3-6-12(14(11)16)15(17,18)19;/h3,5-6,13,20H,2,4,7-10H2,1H3;1H/t13-;/m0./s1. The summed E-state index contributed by atoms with van der Waals surface area (Å²) in [5.41, 5.74) is -1.01. The molecule has 1 N–H and O–H groups in total. The van der Waals surface area contributed by atoms with E-state index in [0.29, 0.717) is 6.42 Å². The van der Waals surface area contributed by atoms with Gasteiger partial charge in [0, 0.05) is 37.8 Å². The average molecular weight is 341 g/mol. The summed E-state index contributed by atoms with van der Waals surface area (Å²) in [6, 6.07) is 3.29. The molecule has 1 aliphatic heterocycles. The van der Waals surface area contributed by atoms with Crippen LogP contribution in [-0.2, 0) is 6.18 Å². The van der Waals surface area contributed by atoms with Crippen LogP contribution in [0.4, 0.5) is 17.6 Å². The maximum atomic E-state index is 14.3. The molecule has 0 radical (unpaired) electrons. The first-order valence-corrected chi connectivity index (χ1v) is 7.25. The summed E-state index contributed by atoms with van der Waals surface area (Å²) in [7, 11) is 0. The van der Waals surface area contributed by atoms with Crippen LogP contribution in [-0.4, -0.2) is 31.1 Å². The molecule has 0 bridgehead atoms. The van der Waals surface area contributed by atoms with Crippen molar-refractivity contribution in [3.05, 3.63) is 35.1 Å². The van der Waals surface area contributed by atoms with Gasteiger partial charge in [0.25, 0.3) is 0 Å². The van der Waals surface area contributed by atoms with E-state index in [0.717, 1.165) is 38.7 Å². The first-order chi connectivity index (χ1) is 9.95. The second-order valence-corrected chi connectivity index (χ2v) is 5.30. The molecule has 1 aromatic carbocycles. The van der Waals surface area contributed by atoms with Gasteiger partial charge >= 0.3 is 6.18 Å². The number of halogens is 5. The van der Waals surface area contributed by atoms with Crippen molar-refractivity contribution in [2.45, 2.75) is 32.0 Å². The predicted octanol–water partition coefficient (Wildman–Crippen LogP) is 4.01. The lowest BCUT2D eigenvalue weighted by Crippen LogP contribution is -2.45. The largest absolute Gasteiger partial charge is 0.419 e. The van der Waals surface area contributed by atoms with Crippen LogP contribution in [0.15, 0.2) is 18.2 Å². The maximum absolute atomic E-state index is 14.3. The summed E-state index contributed by atoms with van der Waals surface area (Å²) in [4.78, 5) is 2.07. The molecule has 1 fully saturated rings. The Morgan fingerprint density at radius 3 is 2.41 bits per heavy atom. The first kappa shape index (κ1) is 19.2. The van der Waals surface area contributed by atoms with E-state index in [1.807, 2.05) is 6.92 Å². The molecule has 1 atom stereocenters. The van der Waals surface area contributed by atoms with Crippen LogP contribution >= 0.6 is 12.4 Å². The molecule has 0 saturated carbocycles. The van der Waals surface area contributed by atoms with Gasteiger partial charge in [0.1, 0.15) is 5.82 Å². The molecule has 126 valence electrons. The topological polar surface area (TPSA) is 15.3 Å². The van der Waals surface area contributed by atoms with Crippen LogP contribution in [0.25, 0.3) is 0 Å². The van der Waals surface area contributed by atoms with Crippen LogP contribution in [0.2, 0.25) is 0 Å². The number of piperazine rings is 1. The van der Waals surface area contributed by atoms with Crippen molar-refractivity contribution in [3.63, 3.8) is 0 Å². The van der Waals surface area contributed by atoms with Gasteiger partial charge in [0.2, 0.25) is 0 Å². The van der Waals surface area contributed by atoms with Crippen LogP contribution in [0, 0.1) is 5.82 Å². The van der Waals surface area contributed by atoms with Gasteiger partial charge < -0.3 is 5.32 Å². The molecule has 0 amide bonds. The minimum atomic E-state index is -4.65. The molecule has 1 heterocycles. The number of alkyl halides is 3. The summed E-state index contributed by atoms with van der Waals surface area (Å²) >= 11 is 0. The van der Waals surface area contributed by atoms with Crippen molar-refractivity contribution in [1.82, 2.24) is 10.2 Å². The lowest BCUT2D eigenvalue weighted by Gasteiger charge is -2.35. The Morgan fingerprint density at radius 2 is 1.86 bits per heavy atom. The van der Waals surface area contributed by atoms with E-state index in [4.69, 9.17) is 0 Å². The molecular weight excluding hydrogens is 320 g/mol. The minimum Gasteiger partial charge on any atom is -0.314 e. The van der Waals surface area contributed by atoms with Crippen molar-refractivity contribution < 1.29 is 17.6 Å². The molecule has 1 saturated heterocycles. The third kappa shape index (κ3) is 4.33. The third-order valence-electron chi connectivity index (χ3n) is 3.85. The van der Waals surface area contributed by atoms with Gasteiger partial charge in [-0.2, -0.15) is 13.2 Å². The highest BCUT2D eigenvalue weighted by molar-refractivity contribution is 5.85. The van der Waals surface area contributed by atoms with Crippen LogP contribution < -0.4 is 5.32 Å².